The molecule has 0 spiro atoms. The summed E-state index contributed by atoms with van der Waals surface area (Å²) in [6, 6.07) is 12.2. The number of carbonyl (C=O) groups excluding carboxylic acids is 2. The van der Waals surface area contributed by atoms with Crippen LogP contribution in [0, 0.1) is 5.41 Å². The number of sulfonamides is 1. The third-order valence-electron chi connectivity index (χ3n) is 4.62. The normalized spacial score (nSPS) is 17.5. The van der Waals surface area contributed by atoms with Crippen LogP contribution in [0.15, 0.2) is 48.5 Å². The van der Waals surface area contributed by atoms with E-state index in [2.05, 4.69) is 10.0 Å². The summed E-state index contributed by atoms with van der Waals surface area (Å²) in [5, 5.41) is 20.3. The lowest BCUT2D eigenvalue weighted by atomic mass is 10.1. The van der Waals surface area contributed by atoms with Gasteiger partial charge >= 0.3 is 0 Å². The fourth-order valence-electron chi connectivity index (χ4n) is 3.10. The largest absolute Gasteiger partial charge is 0.384 e. The van der Waals surface area contributed by atoms with Gasteiger partial charge in [0.2, 0.25) is 10.0 Å². The third kappa shape index (κ3) is 5.60. The predicted octanol–water partition coefficient (Wildman–Crippen LogP) is 0.0736. The third-order valence-corrected chi connectivity index (χ3v) is 5.23. The number of hydrogen-bond acceptors (Lipinski definition) is 7. The summed E-state index contributed by atoms with van der Waals surface area (Å²) in [6.45, 7) is 0.298. The van der Waals surface area contributed by atoms with E-state index in [1.54, 1.807) is 12.1 Å². The van der Waals surface area contributed by atoms with Crippen LogP contribution in [0.2, 0.25) is 0 Å². The van der Waals surface area contributed by atoms with E-state index >= 15 is 0 Å². The Balaban J connectivity index is 1.68. The number of aliphatic hydroxyl groups excluding tert-OH is 1. The number of morpholine rings is 1. The number of amidine groups is 1. The van der Waals surface area contributed by atoms with Gasteiger partial charge < -0.3 is 25.8 Å². The molecule has 170 valence electrons. The fraction of sp³-hybridized carbons (Fsp3) is 0.250. The first-order valence-electron chi connectivity index (χ1n) is 9.49. The number of benzene rings is 2. The molecule has 2 amide bonds. The highest BCUT2D eigenvalue weighted by molar-refractivity contribution is 7.92. The molecule has 2 aromatic rings. The van der Waals surface area contributed by atoms with Crippen LogP contribution >= 0.6 is 0 Å². The Morgan fingerprint density at radius 2 is 1.78 bits per heavy atom. The molecule has 1 unspecified atom stereocenters. The Hall–Kier alpha value is -3.48. The van der Waals surface area contributed by atoms with Crippen LogP contribution in [0.1, 0.15) is 5.56 Å². The lowest BCUT2D eigenvalue weighted by Crippen LogP contribution is -2.55. The molecule has 2 aromatic carbocycles. The molecule has 1 heterocycles. The van der Waals surface area contributed by atoms with Gasteiger partial charge in [0, 0.05) is 29.2 Å². The number of nitrogen functional groups attached to an aromatic ring is 1. The highest BCUT2D eigenvalue weighted by Gasteiger charge is 2.39. The molecule has 0 aromatic heterocycles. The molecule has 1 aliphatic heterocycles. The summed E-state index contributed by atoms with van der Waals surface area (Å²) in [5.74, 6) is -1.55. The quantitative estimate of drug-likeness (QED) is 0.286. The highest BCUT2D eigenvalue weighted by atomic mass is 32.2. The van der Waals surface area contributed by atoms with E-state index in [1.165, 1.54) is 41.3 Å². The Kier molecular flexibility index (Phi) is 6.77. The maximum atomic E-state index is 12.9. The van der Waals surface area contributed by atoms with E-state index in [4.69, 9.17) is 15.9 Å². The van der Waals surface area contributed by atoms with Gasteiger partial charge in [-0.25, -0.2) is 8.42 Å². The van der Waals surface area contributed by atoms with Crippen LogP contribution in [0.4, 0.5) is 17.1 Å². The van der Waals surface area contributed by atoms with Crippen molar-refractivity contribution in [2.75, 3.05) is 34.3 Å². The van der Waals surface area contributed by atoms with E-state index in [0.29, 0.717) is 22.6 Å². The fourth-order valence-corrected chi connectivity index (χ4v) is 3.66. The zero-order valence-corrected chi connectivity index (χ0v) is 17.9. The van der Waals surface area contributed by atoms with E-state index in [-0.39, 0.29) is 19.0 Å². The Morgan fingerprint density at radius 1 is 1.19 bits per heavy atom. The van der Waals surface area contributed by atoms with Crippen LogP contribution in [0.3, 0.4) is 0 Å². The van der Waals surface area contributed by atoms with Gasteiger partial charge in [0.25, 0.3) is 11.8 Å². The van der Waals surface area contributed by atoms with Gasteiger partial charge in [-0.3, -0.25) is 19.7 Å². The predicted molar refractivity (Wildman–Crippen MR) is 119 cm³/mol. The number of anilines is 3. The number of ether oxygens (including phenoxy) is 1. The summed E-state index contributed by atoms with van der Waals surface area (Å²) in [5.41, 5.74) is 7.02. The average molecular weight is 462 g/mol. The number of nitrogens with one attached hydrogen (secondary N) is 3. The molecule has 1 fully saturated rings. The van der Waals surface area contributed by atoms with Gasteiger partial charge in [0.05, 0.1) is 12.9 Å². The molecular weight excluding hydrogens is 438 g/mol. The summed E-state index contributed by atoms with van der Waals surface area (Å²) < 4.78 is 30.3. The second kappa shape index (κ2) is 9.34. The number of aliphatic hydroxyl groups is 1. The van der Waals surface area contributed by atoms with Gasteiger partial charge in [-0.05, 0) is 48.5 Å². The van der Waals surface area contributed by atoms with Crippen molar-refractivity contribution in [2.24, 2.45) is 5.73 Å². The van der Waals surface area contributed by atoms with Crippen molar-refractivity contribution < 1.29 is 27.9 Å². The van der Waals surface area contributed by atoms with Gasteiger partial charge in [-0.1, -0.05) is 0 Å². The van der Waals surface area contributed by atoms with Crippen LogP contribution in [-0.2, 0) is 24.3 Å². The van der Waals surface area contributed by atoms with Crippen LogP contribution in [0.5, 0.6) is 0 Å². The minimum absolute atomic E-state index is 0.0946. The zero-order chi connectivity index (χ0) is 23.5. The van der Waals surface area contributed by atoms with Gasteiger partial charge in [0.15, 0.2) is 12.2 Å². The number of amides is 2. The first kappa shape index (κ1) is 23.2. The maximum Gasteiger partial charge on any atom is 0.259 e. The number of carbonyl (C=O) groups is 2. The highest BCUT2D eigenvalue weighted by Crippen LogP contribution is 2.23. The van der Waals surface area contributed by atoms with E-state index in [1.807, 2.05) is 0 Å². The Bertz CT molecular complexity index is 1120. The van der Waals surface area contributed by atoms with Crippen molar-refractivity contribution >= 4 is 44.7 Å². The number of hydrogen-bond donors (Lipinski definition) is 5. The van der Waals surface area contributed by atoms with Gasteiger partial charge in [0.1, 0.15) is 5.84 Å². The Morgan fingerprint density at radius 3 is 2.34 bits per heavy atom. The molecule has 1 aliphatic rings. The minimum Gasteiger partial charge on any atom is -0.384 e. The molecule has 32 heavy (non-hydrogen) atoms. The summed E-state index contributed by atoms with van der Waals surface area (Å²) >= 11 is 0. The van der Waals surface area contributed by atoms with Gasteiger partial charge in [-0.2, -0.15) is 0 Å². The van der Waals surface area contributed by atoms with E-state index in [9.17, 15) is 23.1 Å². The Labute approximate surface area is 184 Å². The lowest BCUT2D eigenvalue weighted by Gasteiger charge is -2.34. The number of nitrogens with two attached hydrogens (primary N) is 1. The first-order chi connectivity index (χ1) is 15.0. The molecule has 6 N–H and O–H groups in total. The van der Waals surface area contributed by atoms with E-state index < -0.39 is 34.0 Å². The molecule has 0 saturated carbocycles. The molecule has 11 nitrogen and oxygen atoms in total. The number of rotatable bonds is 7. The SMILES string of the molecule is CS(=O)(=O)Nc1ccc(N2CCOC([C@@H](O)C(=O)Nc3ccc(C(=N)N)cc3)C2=O)cc1. The van der Waals surface area contributed by atoms with Crippen molar-refractivity contribution in [3.63, 3.8) is 0 Å². The minimum atomic E-state index is -3.43. The first-order valence-corrected chi connectivity index (χ1v) is 11.4. The second-order valence-corrected chi connectivity index (χ2v) is 8.88. The lowest BCUT2D eigenvalue weighted by molar-refractivity contribution is -0.150. The van der Waals surface area contributed by atoms with Crippen molar-refractivity contribution in [1.29, 1.82) is 5.41 Å². The summed E-state index contributed by atoms with van der Waals surface area (Å²) in [6.07, 6.45) is -2.14. The van der Waals surface area contributed by atoms with Crippen molar-refractivity contribution in [3.8, 4) is 0 Å². The van der Waals surface area contributed by atoms with E-state index in [0.717, 1.165) is 6.26 Å². The molecule has 2 atom stereocenters. The van der Waals surface area contributed by atoms with Crippen LogP contribution < -0.4 is 20.7 Å². The molecular formula is C20H23N5O6S. The molecule has 0 aliphatic carbocycles. The molecule has 12 heteroatoms. The van der Waals surface area contributed by atoms with Crippen LogP contribution in [0.25, 0.3) is 0 Å². The van der Waals surface area contributed by atoms with Gasteiger partial charge in [-0.15, -0.1) is 0 Å². The summed E-state index contributed by atoms with van der Waals surface area (Å²) in [4.78, 5) is 26.7. The monoisotopic (exact) mass is 461 g/mol. The average Bonchev–Trinajstić information content (AvgIpc) is 2.73. The van der Waals surface area contributed by atoms with Crippen molar-refractivity contribution in [3.05, 3.63) is 54.1 Å². The van der Waals surface area contributed by atoms with Crippen molar-refractivity contribution in [2.45, 2.75) is 12.2 Å². The smallest absolute Gasteiger partial charge is 0.259 e. The molecule has 3 rings (SSSR count). The van der Waals surface area contributed by atoms with Crippen LogP contribution in [-0.4, -0.2) is 62.8 Å². The standard InChI is InChI=1S/C20H23N5O6S/c1-32(29,30)24-14-6-8-15(9-7-14)25-10-11-31-17(20(25)28)16(26)19(27)23-13-4-2-12(3-5-13)18(21)22/h2-9,16-17,24,26H,10-11H2,1H3,(H3,21,22)(H,23,27)/t16-,17?/m1/s1. The number of nitrogens with zero attached hydrogens (tertiary/aromatic N) is 1. The molecule has 0 bridgehead atoms. The topological polar surface area (TPSA) is 175 Å². The maximum absolute atomic E-state index is 12.9. The summed E-state index contributed by atoms with van der Waals surface area (Å²) in [7, 11) is -3.43. The molecule has 0 radical (unpaired) electrons. The van der Waals surface area contributed by atoms with Crippen molar-refractivity contribution in [1.82, 2.24) is 0 Å². The zero-order valence-electron chi connectivity index (χ0n) is 17.1. The second-order valence-electron chi connectivity index (χ2n) is 7.13. The molecule has 1 saturated heterocycles.